The van der Waals surface area contributed by atoms with Gasteiger partial charge in [0.25, 0.3) is 0 Å². The summed E-state index contributed by atoms with van der Waals surface area (Å²) in [4.78, 5) is 12.7. The van der Waals surface area contributed by atoms with Crippen molar-refractivity contribution in [1.82, 2.24) is 10.2 Å². The number of alkyl halides is 3. The molecular formula is C26H23F3N2O2S. The van der Waals surface area contributed by atoms with E-state index in [-0.39, 0.29) is 5.97 Å². The minimum absolute atomic E-state index is 0.291. The maximum Gasteiger partial charge on any atom is 0.416 e. The van der Waals surface area contributed by atoms with Crippen molar-refractivity contribution in [2.24, 2.45) is 0 Å². The van der Waals surface area contributed by atoms with Crippen molar-refractivity contribution in [1.29, 1.82) is 0 Å². The van der Waals surface area contributed by atoms with Crippen LogP contribution >= 0.6 is 11.8 Å². The molecule has 1 unspecified atom stereocenters. The highest BCUT2D eigenvalue weighted by atomic mass is 32.2. The van der Waals surface area contributed by atoms with Gasteiger partial charge in [0, 0.05) is 16.7 Å². The number of benzene rings is 3. The van der Waals surface area contributed by atoms with Crippen LogP contribution in [0.5, 0.6) is 5.75 Å². The lowest BCUT2D eigenvalue weighted by Gasteiger charge is -2.20. The molecule has 1 aromatic heterocycles. The van der Waals surface area contributed by atoms with Gasteiger partial charge in [0.15, 0.2) is 0 Å². The molecule has 8 heteroatoms. The van der Waals surface area contributed by atoms with E-state index in [0.717, 1.165) is 33.0 Å². The molecule has 1 N–H and O–H groups in total. The zero-order valence-corrected chi connectivity index (χ0v) is 19.5. The Morgan fingerprint density at radius 1 is 1.09 bits per heavy atom. The molecule has 1 atom stereocenters. The van der Waals surface area contributed by atoms with Gasteiger partial charge < -0.3 is 4.74 Å². The summed E-state index contributed by atoms with van der Waals surface area (Å²) in [7, 11) is 0. The third-order valence-corrected chi connectivity index (χ3v) is 6.67. The molecule has 0 spiro atoms. The molecule has 4 nitrogen and oxygen atoms in total. The Morgan fingerprint density at radius 2 is 1.88 bits per heavy atom. The minimum Gasteiger partial charge on any atom is -0.426 e. The summed E-state index contributed by atoms with van der Waals surface area (Å²) < 4.78 is 45.7. The third-order valence-electron chi connectivity index (χ3n) is 5.36. The molecule has 0 bridgehead atoms. The predicted molar refractivity (Wildman–Crippen MR) is 127 cm³/mol. The molecule has 0 aliphatic rings. The van der Waals surface area contributed by atoms with Crippen LogP contribution in [0, 0.1) is 6.92 Å². The van der Waals surface area contributed by atoms with Crippen molar-refractivity contribution >= 4 is 28.6 Å². The van der Waals surface area contributed by atoms with Crippen LogP contribution in [0.2, 0.25) is 0 Å². The summed E-state index contributed by atoms with van der Waals surface area (Å²) >= 11 is 1.44. The largest absolute Gasteiger partial charge is 0.426 e. The van der Waals surface area contributed by atoms with Crippen LogP contribution in [0.3, 0.4) is 0 Å². The van der Waals surface area contributed by atoms with Gasteiger partial charge in [-0.2, -0.15) is 18.3 Å². The number of fused-ring (bicyclic) bond motifs is 1. The highest BCUT2D eigenvalue weighted by Crippen LogP contribution is 2.43. The predicted octanol–water partition coefficient (Wildman–Crippen LogP) is 7.48. The number of hydrogen-bond donors (Lipinski definition) is 1. The van der Waals surface area contributed by atoms with Gasteiger partial charge in [-0.3, -0.25) is 9.89 Å². The lowest BCUT2D eigenvalue weighted by Crippen LogP contribution is -2.08. The molecule has 0 saturated heterocycles. The number of esters is 1. The standard InChI is InChI=1S/C26H23F3N2O2S/c1-3-5-24(32)33-23-11-10-21(12-16(23)2)34-25(17-6-4-7-20(13-17)26(27,28)29)18-8-9-19-15-30-31-22(19)14-18/h4,6-15,25H,3,5H2,1-2H3,(H,30,31). The van der Waals surface area contributed by atoms with E-state index in [1.54, 1.807) is 18.3 Å². The van der Waals surface area contributed by atoms with Crippen molar-refractivity contribution < 1.29 is 22.7 Å². The first-order chi connectivity index (χ1) is 16.2. The number of carbonyl (C=O) groups is 1. The van der Waals surface area contributed by atoms with E-state index in [1.165, 1.54) is 23.9 Å². The van der Waals surface area contributed by atoms with Crippen LogP contribution in [0.4, 0.5) is 13.2 Å². The number of hydrogen-bond acceptors (Lipinski definition) is 4. The summed E-state index contributed by atoms with van der Waals surface area (Å²) in [6.07, 6.45) is -1.69. The Bertz CT molecular complexity index is 1320. The molecule has 4 aromatic rings. The fraction of sp³-hybridized carbons (Fsp3) is 0.231. The highest BCUT2D eigenvalue weighted by molar-refractivity contribution is 7.99. The first-order valence-electron chi connectivity index (χ1n) is 10.8. The molecular weight excluding hydrogens is 461 g/mol. The van der Waals surface area contributed by atoms with E-state index in [0.29, 0.717) is 24.2 Å². The molecule has 0 aliphatic heterocycles. The van der Waals surface area contributed by atoms with Gasteiger partial charge >= 0.3 is 12.1 Å². The van der Waals surface area contributed by atoms with E-state index in [1.807, 2.05) is 44.2 Å². The maximum absolute atomic E-state index is 13.4. The minimum atomic E-state index is -4.43. The molecule has 0 aliphatic carbocycles. The number of carbonyl (C=O) groups excluding carboxylic acids is 1. The summed E-state index contributed by atoms with van der Waals surface area (Å²) in [5, 5.41) is 7.49. The summed E-state index contributed by atoms with van der Waals surface area (Å²) in [5.41, 5.74) is 2.28. The summed E-state index contributed by atoms with van der Waals surface area (Å²) in [6.45, 7) is 3.75. The van der Waals surface area contributed by atoms with Crippen molar-refractivity contribution in [3.05, 3.63) is 89.1 Å². The number of aromatic amines is 1. The Hall–Kier alpha value is -3.26. The number of halogens is 3. The second-order valence-electron chi connectivity index (χ2n) is 7.99. The van der Waals surface area contributed by atoms with Crippen LogP contribution in [-0.2, 0) is 11.0 Å². The number of thioether (sulfide) groups is 1. The van der Waals surface area contributed by atoms with Gasteiger partial charge in [-0.25, -0.2) is 0 Å². The smallest absolute Gasteiger partial charge is 0.416 e. The highest BCUT2D eigenvalue weighted by Gasteiger charge is 2.31. The molecule has 0 radical (unpaired) electrons. The molecule has 4 rings (SSSR count). The normalized spacial score (nSPS) is 12.6. The number of rotatable bonds is 7. The lowest BCUT2D eigenvalue weighted by molar-refractivity contribution is -0.137. The van der Waals surface area contributed by atoms with Crippen LogP contribution in [0.15, 0.2) is 71.8 Å². The number of nitrogens with zero attached hydrogens (tertiary/aromatic N) is 1. The third kappa shape index (κ3) is 5.44. The topological polar surface area (TPSA) is 55.0 Å². The van der Waals surface area contributed by atoms with Crippen molar-refractivity contribution in [2.75, 3.05) is 0 Å². The summed E-state index contributed by atoms with van der Waals surface area (Å²) in [6, 6.07) is 16.6. The quantitative estimate of drug-likeness (QED) is 0.168. The zero-order chi connectivity index (χ0) is 24.3. The molecule has 34 heavy (non-hydrogen) atoms. The fourth-order valence-electron chi connectivity index (χ4n) is 3.65. The van der Waals surface area contributed by atoms with E-state index in [9.17, 15) is 18.0 Å². The first kappa shape index (κ1) is 23.9. The SMILES string of the molecule is CCCC(=O)Oc1ccc(SC(c2cccc(C(F)(F)F)c2)c2ccc3cn[nH]c3c2)cc1C. The van der Waals surface area contributed by atoms with Crippen LogP contribution in [-0.4, -0.2) is 16.2 Å². The number of H-pyrrole nitrogens is 1. The van der Waals surface area contributed by atoms with Gasteiger partial charge in [-0.05, 0) is 60.4 Å². The number of nitrogens with one attached hydrogen (secondary N) is 1. The second kappa shape index (κ2) is 9.93. The van der Waals surface area contributed by atoms with E-state index in [2.05, 4.69) is 10.2 Å². The summed E-state index contributed by atoms with van der Waals surface area (Å²) in [5.74, 6) is 0.193. The van der Waals surface area contributed by atoms with Gasteiger partial charge in [0.1, 0.15) is 5.75 Å². The first-order valence-corrected chi connectivity index (χ1v) is 11.7. The van der Waals surface area contributed by atoms with Crippen molar-refractivity contribution in [3.63, 3.8) is 0 Å². The Morgan fingerprint density at radius 3 is 2.62 bits per heavy atom. The fourth-order valence-corrected chi connectivity index (χ4v) is 4.88. The number of aryl methyl sites for hydroxylation is 1. The zero-order valence-electron chi connectivity index (χ0n) is 18.6. The average molecular weight is 485 g/mol. The van der Waals surface area contributed by atoms with Crippen LogP contribution in [0.1, 0.15) is 47.3 Å². The Balaban J connectivity index is 1.70. The van der Waals surface area contributed by atoms with Gasteiger partial charge in [-0.15, -0.1) is 11.8 Å². The van der Waals surface area contributed by atoms with Crippen molar-refractivity contribution in [3.8, 4) is 5.75 Å². The van der Waals surface area contributed by atoms with Crippen LogP contribution < -0.4 is 4.74 Å². The molecule has 0 fully saturated rings. The lowest BCUT2D eigenvalue weighted by atomic mass is 10.0. The van der Waals surface area contributed by atoms with E-state index < -0.39 is 17.0 Å². The molecule has 3 aromatic carbocycles. The Kier molecular flexibility index (Phi) is 6.97. The molecule has 176 valence electrons. The van der Waals surface area contributed by atoms with E-state index >= 15 is 0 Å². The molecule has 1 heterocycles. The van der Waals surface area contributed by atoms with Gasteiger partial charge in [0.2, 0.25) is 0 Å². The maximum atomic E-state index is 13.4. The average Bonchev–Trinajstić information content (AvgIpc) is 3.27. The van der Waals surface area contributed by atoms with Crippen molar-refractivity contribution in [2.45, 2.75) is 43.0 Å². The monoisotopic (exact) mass is 484 g/mol. The molecule has 0 saturated carbocycles. The number of aromatic nitrogens is 2. The Labute approximate surface area is 199 Å². The van der Waals surface area contributed by atoms with E-state index in [4.69, 9.17) is 4.74 Å². The number of ether oxygens (including phenoxy) is 1. The molecule has 0 amide bonds. The second-order valence-corrected chi connectivity index (χ2v) is 9.17. The van der Waals surface area contributed by atoms with Gasteiger partial charge in [-0.1, -0.05) is 37.3 Å². The van der Waals surface area contributed by atoms with Crippen LogP contribution in [0.25, 0.3) is 10.9 Å². The van der Waals surface area contributed by atoms with Gasteiger partial charge in [0.05, 0.1) is 22.5 Å².